The first kappa shape index (κ1) is 9.71. The van der Waals surface area contributed by atoms with Crippen LogP contribution >= 0.6 is 0 Å². The lowest BCUT2D eigenvalue weighted by Gasteiger charge is -2.06. The molecule has 0 unspecified atom stereocenters. The van der Waals surface area contributed by atoms with Gasteiger partial charge < -0.3 is 4.98 Å². The number of benzene rings is 1. The third-order valence-corrected chi connectivity index (χ3v) is 2.45. The van der Waals surface area contributed by atoms with Crippen LogP contribution in [0.3, 0.4) is 0 Å². The molecule has 0 saturated carbocycles. The van der Waals surface area contributed by atoms with E-state index in [1.54, 1.807) is 6.07 Å². The third kappa shape index (κ3) is 1.99. The molecule has 76 valence electrons. The minimum atomic E-state index is -0.0500. The Bertz CT molecular complexity index is 499. The van der Waals surface area contributed by atoms with Crippen molar-refractivity contribution >= 4 is 0 Å². The van der Waals surface area contributed by atoms with Crippen LogP contribution in [0, 0.1) is 0 Å². The van der Waals surface area contributed by atoms with Gasteiger partial charge in [0.15, 0.2) is 0 Å². The standard InChI is InChI=1S/C13H13NO/c1-2-10-8-9-12(15)14-13(10)11-6-4-3-5-7-11/h3-9H,2H2,1H3,(H,14,15). The summed E-state index contributed by atoms with van der Waals surface area (Å²) in [5.74, 6) is 0. The van der Waals surface area contributed by atoms with Crippen LogP contribution in [-0.2, 0) is 6.42 Å². The fourth-order valence-corrected chi connectivity index (χ4v) is 1.66. The molecule has 0 aliphatic heterocycles. The molecule has 0 radical (unpaired) electrons. The SMILES string of the molecule is CCc1ccc(=O)[nH]c1-c1ccccc1. The van der Waals surface area contributed by atoms with Gasteiger partial charge in [-0.25, -0.2) is 0 Å². The summed E-state index contributed by atoms with van der Waals surface area (Å²) in [7, 11) is 0. The molecule has 2 rings (SSSR count). The van der Waals surface area contributed by atoms with Gasteiger partial charge in [-0.15, -0.1) is 0 Å². The van der Waals surface area contributed by atoms with Crippen molar-refractivity contribution in [2.75, 3.05) is 0 Å². The van der Waals surface area contributed by atoms with Gasteiger partial charge >= 0.3 is 0 Å². The number of aryl methyl sites for hydroxylation is 1. The highest BCUT2D eigenvalue weighted by Crippen LogP contribution is 2.19. The fourth-order valence-electron chi connectivity index (χ4n) is 1.66. The summed E-state index contributed by atoms with van der Waals surface area (Å²) in [6, 6.07) is 13.4. The summed E-state index contributed by atoms with van der Waals surface area (Å²) in [6.07, 6.45) is 0.918. The van der Waals surface area contributed by atoms with Crippen molar-refractivity contribution in [3.05, 3.63) is 58.4 Å². The largest absolute Gasteiger partial charge is 0.322 e. The zero-order valence-corrected chi connectivity index (χ0v) is 8.66. The summed E-state index contributed by atoms with van der Waals surface area (Å²) in [4.78, 5) is 14.2. The molecule has 1 N–H and O–H groups in total. The van der Waals surface area contributed by atoms with Crippen molar-refractivity contribution in [1.82, 2.24) is 4.98 Å². The van der Waals surface area contributed by atoms with Gasteiger partial charge in [0.1, 0.15) is 0 Å². The summed E-state index contributed by atoms with van der Waals surface area (Å²) >= 11 is 0. The van der Waals surface area contributed by atoms with E-state index in [4.69, 9.17) is 0 Å². The van der Waals surface area contributed by atoms with Gasteiger partial charge in [0, 0.05) is 6.07 Å². The van der Waals surface area contributed by atoms with Crippen molar-refractivity contribution in [3.8, 4) is 11.3 Å². The predicted octanol–water partition coefficient (Wildman–Crippen LogP) is 2.60. The monoisotopic (exact) mass is 199 g/mol. The highest BCUT2D eigenvalue weighted by molar-refractivity contribution is 5.62. The Morgan fingerprint density at radius 2 is 1.80 bits per heavy atom. The zero-order valence-electron chi connectivity index (χ0n) is 8.66. The first-order valence-electron chi connectivity index (χ1n) is 5.09. The molecule has 0 saturated heterocycles. The van der Waals surface area contributed by atoms with E-state index >= 15 is 0 Å². The quantitative estimate of drug-likeness (QED) is 0.792. The van der Waals surface area contributed by atoms with Gasteiger partial charge in [-0.2, -0.15) is 0 Å². The highest BCUT2D eigenvalue weighted by atomic mass is 16.1. The van der Waals surface area contributed by atoms with E-state index in [1.807, 2.05) is 36.4 Å². The van der Waals surface area contributed by atoms with Gasteiger partial charge in [-0.3, -0.25) is 4.79 Å². The molecule has 1 heterocycles. The molecule has 0 spiro atoms. The number of hydrogen-bond donors (Lipinski definition) is 1. The number of rotatable bonds is 2. The number of pyridine rings is 1. The van der Waals surface area contributed by atoms with Gasteiger partial charge in [-0.1, -0.05) is 43.3 Å². The van der Waals surface area contributed by atoms with Crippen molar-refractivity contribution in [2.24, 2.45) is 0 Å². The summed E-state index contributed by atoms with van der Waals surface area (Å²) in [5, 5.41) is 0. The van der Waals surface area contributed by atoms with Crippen LogP contribution in [0.5, 0.6) is 0 Å². The van der Waals surface area contributed by atoms with Crippen LogP contribution in [0.25, 0.3) is 11.3 Å². The average molecular weight is 199 g/mol. The van der Waals surface area contributed by atoms with E-state index in [0.717, 1.165) is 17.7 Å². The van der Waals surface area contributed by atoms with Gasteiger partial charge in [0.05, 0.1) is 5.69 Å². The molecule has 2 aromatic rings. The van der Waals surface area contributed by atoms with E-state index in [9.17, 15) is 4.79 Å². The molecule has 1 aromatic carbocycles. The molecule has 15 heavy (non-hydrogen) atoms. The molecule has 2 heteroatoms. The lowest BCUT2D eigenvalue weighted by Crippen LogP contribution is -2.06. The molecule has 0 fully saturated rings. The highest BCUT2D eigenvalue weighted by Gasteiger charge is 2.03. The minimum absolute atomic E-state index is 0.0500. The van der Waals surface area contributed by atoms with Crippen LogP contribution < -0.4 is 5.56 Å². The Morgan fingerprint density at radius 1 is 1.07 bits per heavy atom. The normalized spacial score (nSPS) is 10.2. The lowest BCUT2D eigenvalue weighted by atomic mass is 10.0. The number of aromatic amines is 1. The maximum Gasteiger partial charge on any atom is 0.248 e. The molecule has 0 bridgehead atoms. The summed E-state index contributed by atoms with van der Waals surface area (Å²) in [5.41, 5.74) is 3.12. The second-order valence-electron chi connectivity index (χ2n) is 3.44. The lowest BCUT2D eigenvalue weighted by molar-refractivity contribution is 1.09. The Hall–Kier alpha value is -1.83. The zero-order chi connectivity index (χ0) is 10.7. The van der Waals surface area contributed by atoms with Crippen molar-refractivity contribution < 1.29 is 0 Å². The second kappa shape index (κ2) is 4.13. The minimum Gasteiger partial charge on any atom is -0.322 e. The summed E-state index contributed by atoms with van der Waals surface area (Å²) < 4.78 is 0. The number of H-pyrrole nitrogens is 1. The molecule has 0 atom stereocenters. The molecule has 0 aliphatic carbocycles. The topological polar surface area (TPSA) is 32.9 Å². The van der Waals surface area contributed by atoms with E-state index in [0.29, 0.717) is 0 Å². The van der Waals surface area contributed by atoms with Crippen molar-refractivity contribution in [1.29, 1.82) is 0 Å². The molecule has 2 nitrogen and oxygen atoms in total. The van der Waals surface area contributed by atoms with E-state index in [2.05, 4.69) is 11.9 Å². The molecular formula is C13H13NO. The fraction of sp³-hybridized carbons (Fsp3) is 0.154. The Balaban J connectivity index is 2.61. The average Bonchev–Trinajstić information content (AvgIpc) is 2.30. The Kier molecular flexibility index (Phi) is 2.68. The smallest absolute Gasteiger partial charge is 0.248 e. The van der Waals surface area contributed by atoms with E-state index < -0.39 is 0 Å². The molecule has 1 aromatic heterocycles. The maximum absolute atomic E-state index is 11.3. The van der Waals surface area contributed by atoms with Crippen LogP contribution in [0.2, 0.25) is 0 Å². The second-order valence-corrected chi connectivity index (χ2v) is 3.44. The van der Waals surface area contributed by atoms with Crippen molar-refractivity contribution in [3.63, 3.8) is 0 Å². The van der Waals surface area contributed by atoms with E-state index in [-0.39, 0.29) is 5.56 Å². The Labute approximate surface area is 88.6 Å². The first-order chi connectivity index (χ1) is 7.31. The van der Waals surface area contributed by atoms with Crippen LogP contribution in [-0.4, -0.2) is 4.98 Å². The Morgan fingerprint density at radius 3 is 2.47 bits per heavy atom. The van der Waals surface area contributed by atoms with Crippen molar-refractivity contribution in [2.45, 2.75) is 13.3 Å². The van der Waals surface area contributed by atoms with E-state index in [1.165, 1.54) is 5.56 Å². The first-order valence-corrected chi connectivity index (χ1v) is 5.09. The summed E-state index contributed by atoms with van der Waals surface area (Å²) in [6.45, 7) is 2.08. The number of hydrogen-bond acceptors (Lipinski definition) is 1. The maximum atomic E-state index is 11.3. The van der Waals surface area contributed by atoms with Gasteiger partial charge in [0.2, 0.25) is 5.56 Å². The molecule has 0 amide bonds. The molecule has 0 aliphatic rings. The van der Waals surface area contributed by atoms with Crippen LogP contribution in [0.1, 0.15) is 12.5 Å². The van der Waals surface area contributed by atoms with Crippen LogP contribution in [0.4, 0.5) is 0 Å². The van der Waals surface area contributed by atoms with Crippen LogP contribution in [0.15, 0.2) is 47.3 Å². The van der Waals surface area contributed by atoms with Gasteiger partial charge in [-0.05, 0) is 17.5 Å². The third-order valence-electron chi connectivity index (χ3n) is 2.45. The number of nitrogens with one attached hydrogen (secondary N) is 1. The predicted molar refractivity (Wildman–Crippen MR) is 61.9 cm³/mol. The number of aromatic nitrogens is 1. The molecular weight excluding hydrogens is 186 g/mol. The van der Waals surface area contributed by atoms with Gasteiger partial charge in [0.25, 0.3) is 0 Å².